The third kappa shape index (κ3) is 6.13. The summed E-state index contributed by atoms with van der Waals surface area (Å²) in [5, 5.41) is 6.23. The predicted octanol–water partition coefficient (Wildman–Crippen LogP) is 2.23. The summed E-state index contributed by atoms with van der Waals surface area (Å²) >= 11 is 0. The van der Waals surface area contributed by atoms with Crippen LogP contribution in [0.5, 0.6) is 5.75 Å². The Morgan fingerprint density at radius 3 is 2.31 bits per heavy atom. The highest BCUT2D eigenvalue weighted by atomic mass is 16.5. The van der Waals surface area contributed by atoms with Crippen molar-refractivity contribution in [1.82, 2.24) is 9.97 Å². The Kier molecular flexibility index (Phi) is 7.72. The number of ether oxygens (including phenoxy) is 1. The molecule has 1 unspecified atom stereocenters. The molecule has 4 N–H and O–H groups in total. The molecule has 0 saturated heterocycles. The molecule has 0 aliphatic heterocycles. The van der Waals surface area contributed by atoms with Crippen LogP contribution in [0.1, 0.15) is 23.1 Å². The van der Waals surface area contributed by atoms with Gasteiger partial charge in [0.1, 0.15) is 12.3 Å². The van der Waals surface area contributed by atoms with E-state index in [1.54, 1.807) is 73.8 Å². The molecular formula is C27H28N5O4+. The van der Waals surface area contributed by atoms with Gasteiger partial charge in [-0.25, -0.2) is 4.98 Å². The lowest BCUT2D eigenvalue weighted by Gasteiger charge is -2.17. The van der Waals surface area contributed by atoms with Crippen LogP contribution in [0.15, 0.2) is 77.6 Å². The van der Waals surface area contributed by atoms with Crippen LogP contribution in [0.3, 0.4) is 0 Å². The van der Waals surface area contributed by atoms with Crippen molar-refractivity contribution in [1.29, 1.82) is 0 Å². The largest absolute Gasteiger partial charge is 0.497 e. The summed E-state index contributed by atoms with van der Waals surface area (Å²) in [7, 11) is 1.58. The van der Waals surface area contributed by atoms with Crippen LogP contribution in [0.25, 0.3) is 10.9 Å². The number of quaternary nitrogens is 1. The Labute approximate surface area is 208 Å². The van der Waals surface area contributed by atoms with Gasteiger partial charge >= 0.3 is 0 Å². The first-order valence-electron chi connectivity index (χ1n) is 11.6. The standard InChI is InChI=1S/C27H27N5O4/c1-3-32(16-24-30-23-7-5-4-6-22(23)27(35)31-24)17-25(33)28-19-10-8-18(9-11-19)26(34)29-20-12-14-21(36-2)15-13-20/h4-15H,3,16-17H2,1-2H3,(H,28,33)(H,29,34)(H,30,31,35)/p+1. The number of methoxy groups -OCH3 is 1. The highest BCUT2D eigenvalue weighted by molar-refractivity contribution is 6.04. The van der Waals surface area contributed by atoms with E-state index in [1.165, 1.54) is 0 Å². The molecule has 4 aromatic rings. The number of para-hydroxylation sites is 1. The van der Waals surface area contributed by atoms with Crippen molar-refractivity contribution < 1.29 is 19.2 Å². The Morgan fingerprint density at radius 2 is 1.61 bits per heavy atom. The smallest absolute Gasteiger partial charge is 0.279 e. The van der Waals surface area contributed by atoms with E-state index in [0.29, 0.717) is 52.5 Å². The van der Waals surface area contributed by atoms with E-state index in [4.69, 9.17) is 4.74 Å². The van der Waals surface area contributed by atoms with Crippen LogP contribution in [0.4, 0.5) is 11.4 Å². The zero-order chi connectivity index (χ0) is 25.5. The molecule has 4 rings (SSSR count). The molecular weight excluding hydrogens is 458 g/mol. The molecule has 2 amide bonds. The molecule has 9 heteroatoms. The lowest BCUT2D eigenvalue weighted by molar-refractivity contribution is -0.904. The number of nitrogens with one attached hydrogen (secondary N) is 4. The average molecular weight is 487 g/mol. The lowest BCUT2D eigenvalue weighted by Crippen LogP contribution is -3.11. The van der Waals surface area contributed by atoms with Crippen molar-refractivity contribution in [2.75, 3.05) is 30.8 Å². The fraction of sp³-hybridized carbons (Fsp3) is 0.185. The van der Waals surface area contributed by atoms with Crippen molar-refractivity contribution in [3.63, 3.8) is 0 Å². The Balaban J connectivity index is 1.33. The van der Waals surface area contributed by atoms with E-state index in [-0.39, 0.29) is 23.9 Å². The normalized spacial score (nSPS) is 11.6. The zero-order valence-corrected chi connectivity index (χ0v) is 20.1. The van der Waals surface area contributed by atoms with Gasteiger partial charge in [0.25, 0.3) is 17.4 Å². The minimum atomic E-state index is -0.253. The van der Waals surface area contributed by atoms with Gasteiger partial charge in [-0.3, -0.25) is 14.4 Å². The first-order valence-corrected chi connectivity index (χ1v) is 11.6. The second-order valence-electron chi connectivity index (χ2n) is 8.30. The second kappa shape index (κ2) is 11.3. The summed E-state index contributed by atoms with van der Waals surface area (Å²) < 4.78 is 5.12. The highest BCUT2D eigenvalue weighted by Crippen LogP contribution is 2.17. The summed E-state index contributed by atoms with van der Waals surface area (Å²) in [5.74, 6) is 0.816. The zero-order valence-electron chi connectivity index (χ0n) is 20.1. The third-order valence-corrected chi connectivity index (χ3v) is 5.77. The monoisotopic (exact) mass is 486 g/mol. The first kappa shape index (κ1) is 24.6. The molecule has 0 radical (unpaired) electrons. The highest BCUT2D eigenvalue weighted by Gasteiger charge is 2.16. The van der Waals surface area contributed by atoms with Crippen LogP contribution in [-0.4, -0.2) is 42.0 Å². The minimum absolute atomic E-state index is 0.176. The van der Waals surface area contributed by atoms with E-state index in [0.717, 1.165) is 4.90 Å². The fourth-order valence-electron chi connectivity index (χ4n) is 3.78. The number of amides is 2. The van der Waals surface area contributed by atoms with Crippen molar-refractivity contribution >= 4 is 34.1 Å². The van der Waals surface area contributed by atoms with E-state index in [1.807, 2.05) is 13.0 Å². The number of anilines is 2. The number of likely N-dealkylation sites (N-methyl/N-ethyl adjacent to an activating group) is 1. The van der Waals surface area contributed by atoms with Crippen LogP contribution in [0.2, 0.25) is 0 Å². The number of carbonyl (C=O) groups excluding carboxylic acids is 2. The molecule has 184 valence electrons. The molecule has 0 saturated carbocycles. The van der Waals surface area contributed by atoms with Gasteiger partial charge in [0.15, 0.2) is 12.4 Å². The second-order valence-corrected chi connectivity index (χ2v) is 8.30. The molecule has 1 heterocycles. The number of hydrogen-bond donors (Lipinski definition) is 4. The number of hydrogen-bond acceptors (Lipinski definition) is 5. The van der Waals surface area contributed by atoms with Crippen LogP contribution in [-0.2, 0) is 11.3 Å². The van der Waals surface area contributed by atoms with Crippen molar-refractivity contribution in [3.05, 3.63) is 94.5 Å². The van der Waals surface area contributed by atoms with Crippen LogP contribution < -0.4 is 25.8 Å². The van der Waals surface area contributed by atoms with E-state index in [9.17, 15) is 14.4 Å². The summed E-state index contributed by atoms with van der Waals surface area (Å²) in [6, 6.07) is 20.9. The van der Waals surface area contributed by atoms with Crippen LogP contribution in [0, 0.1) is 0 Å². The first-order chi connectivity index (χ1) is 17.4. The molecule has 0 fully saturated rings. The number of fused-ring (bicyclic) bond motifs is 1. The number of carbonyl (C=O) groups is 2. The average Bonchev–Trinajstić information content (AvgIpc) is 2.89. The van der Waals surface area contributed by atoms with Crippen molar-refractivity contribution in [2.45, 2.75) is 13.5 Å². The van der Waals surface area contributed by atoms with Gasteiger partial charge in [-0.15, -0.1) is 0 Å². The van der Waals surface area contributed by atoms with E-state index >= 15 is 0 Å². The number of rotatable bonds is 9. The van der Waals surface area contributed by atoms with Crippen molar-refractivity contribution in [2.24, 2.45) is 0 Å². The van der Waals surface area contributed by atoms with Gasteiger partial charge in [0.05, 0.1) is 24.6 Å². The van der Waals surface area contributed by atoms with E-state index < -0.39 is 0 Å². The number of benzene rings is 3. The molecule has 0 bridgehead atoms. The molecule has 0 aliphatic rings. The summed E-state index contributed by atoms with van der Waals surface area (Å²) in [6.07, 6.45) is 0. The third-order valence-electron chi connectivity index (χ3n) is 5.77. The predicted molar refractivity (Wildman–Crippen MR) is 138 cm³/mol. The molecule has 0 spiro atoms. The number of H-pyrrole nitrogens is 1. The Bertz CT molecular complexity index is 1420. The molecule has 36 heavy (non-hydrogen) atoms. The summed E-state index contributed by atoms with van der Waals surface area (Å²) in [6.45, 7) is 3.26. The molecule has 3 aromatic carbocycles. The Hall–Kier alpha value is -4.50. The fourth-order valence-corrected chi connectivity index (χ4v) is 3.78. The maximum atomic E-state index is 12.6. The maximum Gasteiger partial charge on any atom is 0.279 e. The number of aromatic nitrogens is 2. The molecule has 1 atom stereocenters. The minimum Gasteiger partial charge on any atom is -0.497 e. The number of nitrogens with zero attached hydrogens (tertiary/aromatic N) is 1. The topological polar surface area (TPSA) is 118 Å². The molecule has 9 nitrogen and oxygen atoms in total. The summed E-state index contributed by atoms with van der Waals surface area (Å²) in [4.78, 5) is 45.8. The number of aromatic amines is 1. The van der Waals surface area contributed by atoms with Crippen molar-refractivity contribution in [3.8, 4) is 5.75 Å². The lowest BCUT2D eigenvalue weighted by atomic mass is 10.2. The van der Waals surface area contributed by atoms with Gasteiger partial charge in [-0.1, -0.05) is 12.1 Å². The van der Waals surface area contributed by atoms with Gasteiger partial charge in [0, 0.05) is 16.9 Å². The van der Waals surface area contributed by atoms with Gasteiger partial charge in [-0.05, 0) is 67.6 Å². The Morgan fingerprint density at radius 1 is 0.944 bits per heavy atom. The SMILES string of the molecule is CC[NH+](CC(=O)Nc1ccc(C(=O)Nc2ccc(OC)cc2)cc1)Cc1nc2ccccc2c(=O)[nH]1. The van der Waals surface area contributed by atoms with Gasteiger partial charge < -0.3 is 25.3 Å². The summed E-state index contributed by atoms with van der Waals surface area (Å²) in [5.41, 5.74) is 2.16. The molecule has 0 aliphatic carbocycles. The van der Waals surface area contributed by atoms with Gasteiger partial charge in [0.2, 0.25) is 0 Å². The van der Waals surface area contributed by atoms with E-state index in [2.05, 4.69) is 20.6 Å². The van der Waals surface area contributed by atoms with Gasteiger partial charge in [-0.2, -0.15) is 0 Å². The molecule has 1 aromatic heterocycles. The quantitative estimate of drug-likeness (QED) is 0.289. The maximum absolute atomic E-state index is 12.6. The van der Waals surface area contributed by atoms with Crippen LogP contribution >= 0.6 is 0 Å².